The van der Waals surface area contributed by atoms with Crippen LogP contribution in [0.1, 0.15) is 96.8 Å². The van der Waals surface area contributed by atoms with Crippen LogP contribution < -0.4 is 0 Å². The molecule has 0 aliphatic heterocycles. The maximum atomic E-state index is 8.54. The summed E-state index contributed by atoms with van der Waals surface area (Å²) in [6, 6.07) is 0. The molecule has 0 unspecified atom stereocenters. The van der Waals surface area contributed by atoms with Crippen LogP contribution in [0.25, 0.3) is 0 Å². The molecule has 0 amide bonds. The van der Waals surface area contributed by atoms with Crippen LogP contribution in [0, 0.1) is 6.61 Å². The number of allylic oxidation sites excluding steroid dienone is 2. The predicted molar refractivity (Wildman–Crippen MR) is 97.4 cm³/mol. The third-order valence-electron chi connectivity index (χ3n) is 3.60. The Morgan fingerprint density at radius 3 is 1.64 bits per heavy atom. The van der Waals surface area contributed by atoms with Gasteiger partial charge in [-0.1, -0.05) is 76.9 Å². The number of rotatable bonds is 15. The molecule has 0 aromatic carbocycles. The summed E-state index contributed by atoms with van der Waals surface area (Å²) in [5.74, 6) is 0. The van der Waals surface area contributed by atoms with E-state index in [-0.39, 0.29) is 15.9 Å². The van der Waals surface area contributed by atoms with E-state index in [0.29, 0.717) is 0 Å². The van der Waals surface area contributed by atoms with Crippen LogP contribution in [-0.2, 0) is 15.9 Å². The summed E-state index contributed by atoms with van der Waals surface area (Å²) in [5, 5.41) is 8.54. The van der Waals surface area contributed by atoms with Crippen molar-refractivity contribution in [3.05, 3.63) is 18.8 Å². The van der Waals surface area contributed by atoms with E-state index in [1.54, 1.807) is 0 Å². The van der Waals surface area contributed by atoms with Gasteiger partial charge in [-0.3, -0.25) is 0 Å². The second kappa shape index (κ2) is 26.8. The minimum absolute atomic E-state index is 0.106. The summed E-state index contributed by atoms with van der Waals surface area (Å²) in [4.78, 5) is 0. The Bertz CT molecular complexity index is 202. The standard InChI is InChI=1S/C18H35O.2ClH.Pd/c1-2-3-4-5-6-7-8-9-10-11-12-13-14-15-16-17-18-19;;;/h9-10,18-19H,2-8,11-17H2,1H3;2*1H;/q-1;;;+2/p-2. The van der Waals surface area contributed by atoms with Crippen molar-refractivity contribution in [1.29, 1.82) is 0 Å². The molecule has 0 aromatic rings. The average molecular weight is 445 g/mol. The van der Waals surface area contributed by atoms with Crippen LogP contribution in [0.3, 0.4) is 0 Å². The van der Waals surface area contributed by atoms with Crippen LogP contribution in [0.2, 0.25) is 0 Å². The van der Waals surface area contributed by atoms with Gasteiger partial charge in [0.1, 0.15) is 0 Å². The maximum absolute atomic E-state index is 8.54. The zero-order valence-corrected chi connectivity index (χ0v) is 17.2. The molecule has 0 aliphatic carbocycles. The first-order valence-corrected chi connectivity index (χ1v) is 12.8. The number of aliphatic hydroxyl groups excluding tert-OH is 1. The zero-order chi connectivity index (χ0) is 16.7. The molecule has 0 radical (unpaired) electrons. The second-order valence-electron chi connectivity index (χ2n) is 5.60. The fourth-order valence-corrected chi connectivity index (χ4v) is 2.31. The van der Waals surface area contributed by atoms with E-state index in [2.05, 4.69) is 19.1 Å². The van der Waals surface area contributed by atoms with Gasteiger partial charge in [0.05, 0.1) is 0 Å². The molecule has 0 atom stereocenters. The van der Waals surface area contributed by atoms with Gasteiger partial charge >= 0.3 is 35.0 Å². The summed E-state index contributed by atoms with van der Waals surface area (Å²) < 4.78 is 0. The second-order valence-corrected chi connectivity index (χ2v) is 7.96. The van der Waals surface area contributed by atoms with E-state index in [4.69, 9.17) is 24.2 Å². The van der Waals surface area contributed by atoms with Crippen LogP contribution in [-0.4, -0.2) is 5.11 Å². The Kier molecular flexibility index (Phi) is 30.7. The van der Waals surface area contributed by atoms with E-state index in [1.807, 2.05) is 0 Å². The molecule has 0 aliphatic rings. The van der Waals surface area contributed by atoms with Crippen molar-refractivity contribution in [2.24, 2.45) is 0 Å². The molecule has 0 rings (SSSR count). The molecule has 1 N–H and O–H groups in total. The molecule has 0 fully saturated rings. The third kappa shape index (κ3) is 29.0. The quantitative estimate of drug-likeness (QED) is 0.118. The normalized spacial score (nSPS) is 10.9. The van der Waals surface area contributed by atoms with Crippen molar-refractivity contribution < 1.29 is 21.0 Å². The summed E-state index contributed by atoms with van der Waals surface area (Å²) >= 11 is -0.106. The first kappa shape index (κ1) is 25.2. The Labute approximate surface area is 155 Å². The van der Waals surface area contributed by atoms with E-state index >= 15 is 0 Å². The number of hydrogen-bond acceptors (Lipinski definition) is 1. The minimum atomic E-state index is -0.106. The number of halogens is 2. The Morgan fingerprint density at radius 1 is 0.773 bits per heavy atom. The molecule has 0 saturated heterocycles. The molecule has 4 heteroatoms. The third-order valence-corrected chi connectivity index (χ3v) is 3.60. The molecule has 0 heterocycles. The molecule has 0 saturated carbocycles. The predicted octanol–water partition coefficient (Wildman–Crippen LogP) is 7.93. The molecule has 0 aromatic heterocycles. The topological polar surface area (TPSA) is 20.2 Å². The van der Waals surface area contributed by atoms with Crippen LogP contribution in [0.15, 0.2) is 12.2 Å². The first-order valence-electron chi connectivity index (χ1n) is 8.76. The van der Waals surface area contributed by atoms with Gasteiger partial charge in [-0.25, -0.2) is 6.61 Å². The molecule has 0 bridgehead atoms. The zero-order valence-electron chi connectivity index (χ0n) is 14.2. The van der Waals surface area contributed by atoms with Crippen LogP contribution in [0.5, 0.6) is 0 Å². The van der Waals surface area contributed by atoms with Crippen molar-refractivity contribution in [1.82, 2.24) is 0 Å². The van der Waals surface area contributed by atoms with E-state index < -0.39 is 0 Å². The monoisotopic (exact) mass is 443 g/mol. The fourth-order valence-electron chi connectivity index (χ4n) is 2.31. The van der Waals surface area contributed by atoms with E-state index in [0.717, 1.165) is 12.8 Å². The Morgan fingerprint density at radius 2 is 1.18 bits per heavy atom. The van der Waals surface area contributed by atoms with Crippen molar-refractivity contribution in [3.8, 4) is 0 Å². The molecule has 138 valence electrons. The van der Waals surface area contributed by atoms with Gasteiger partial charge in [0, 0.05) is 0 Å². The Hall–Kier alpha value is 0.942. The van der Waals surface area contributed by atoms with E-state index in [1.165, 1.54) is 83.7 Å². The van der Waals surface area contributed by atoms with Gasteiger partial charge in [-0.2, -0.15) is 6.42 Å². The summed E-state index contributed by atoms with van der Waals surface area (Å²) in [6.07, 6.45) is 22.9. The molecular formula is C18H35Cl2OPd-. The van der Waals surface area contributed by atoms with Crippen LogP contribution in [0.4, 0.5) is 0 Å². The molecular weight excluding hydrogens is 410 g/mol. The van der Waals surface area contributed by atoms with Crippen molar-refractivity contribution in [2.45, 2.75) is 96.8 Å². The van der Waals surface area contributed by atoms with Gasteiger partial charge in [0.25, 0.3) is 0 Å². The molecule has 22 heavy (non-hydrogen) atoms. The van der Waals surface area contributed by atoms with Gasteiger partial charge in [-0.15, -0.1) is 0 Å². The van der Waals surface area contributed by atoms with Gasteiger partial charge < -0.3 is 5.11 Å². The van der Waals surface area contributed by atoms with Crippen molar-refractivity contribution in [3.63, 3.8) is 0 Å². The number of aliphatic hydroxyl groups is 1. The van der Waals surface area contributed by atoms with Crippen LogP contribution >= 0.6 is 19.1 Å². The van der Waals surface area contributed by atoms with Gasteiger partial charge in [-0.05, 0) is 25.7 Å². The van der Waals surface area contributed by atoms with Crippen molar-refractivity contribution >= 4 is 19.1 Å². The fraction of sp³-hybridized carbons (Fsp3) is 0.833. The SMILES string of the molecule is CCCCCCCCC=CCCCCCCC[CH-]O.[Cl][Pd][Cl]. The average Bonchev–Trinajstić information content (AvgIpc) is 2.52. The van der Waals surface area contributed by atoms with E-state index in [9.17, 15) is 0 Å². The summed E-state index contributed by atoms with van der Waals surface area (Å²) in [7, 11) is 9.63. The number of unbranched alkanes of at least 4 members (excludes halogenated alkanes) is 12. The summed E-state index contributed by atoms with van der Waals surface area (Å²) in [5.41, 5.74) is 0. The van der Waals surface area contributed by atoms with Crippen molar-refractivity contribution in [2.75, 3.05) is 0 Å². The van der Waals surface area contributed by atoms with Gasteiger partial charge in [0.15, 0.2) is 0 Å². The Balaban J connectivity index is 0. The van der Waals surface area contributed by atoms with Gasteiger partial charge in [0.2, 0.25) is 0 Å². The number of hydrogen-bond donors (Lipinski definition) is 1. The first-order chi connectivity index (χ1) is 10.8. The molecule has 0 spiro atoms. The molecule has 1 nitrogen and oxygen atoms in total. The summed E-state index contributed by atoms with van der Waals surface area (Å²) in [6.45, 7) is 3.55.